The van der Waals surface area contributed by atoms with Crippen molar-refractivity contribution < 1.29 is 32.3 Å². The Kier molecular flexibility index (Phi) is 5.92. The van der Waals surface area contributed by atoms with Crippen molar-refractivity contribution in [3.63, 3.8) is 0 Å². The fourth-order valence-corrected chi connectivity index (χ4v) is 6.12. The molecule has 1 aliphatic rings. The number of aryl methyl sites for hydroxylation is 2. The summed E-state index contributed by atoms with van der Waals surface area (Å²) in [4.78, 5) is 33.0. The standard InChI is InChI=1S/C26H22N2O7S2/c1-13-11-18(14(2)35-13)23(29)21-22(15-5-7-16(34-3)8-6-15)28(25(31)24(21)30)26-27-19-10-9-17(37(4,32)33)12-20(19)36-26/h5-12,22,30H,1-4H3. The van der Waals surface area contributed by atoms with Gasteiger partial charge >= 0.3 is 0 Å². The Morgan fingerprint density at radius 1 is 1.14 bits per heavy atom. The second-order valence-electron chi connectivity index (χ2n) is 8.67. The number of carbonyl (C=O) groups is 2. The third-order valence-electron chi connectivity index (χ3n) is 6.15. The molecule has 190 valence electrons. The van der Waals surface area contributed by atoms with Crippen molar-refractivity contribution in [3.05, 3.63) is 82.5 Å². The summed E-state index contributed by atoms with van der Waals surface area (Å²) >= 11 is 1.09. The molecule has 37 heavy (non-hydrogen) atoms. The summed E-state index contributed by atoms with van der Waals surface area (Å²) in [5, 5.41) is 11.2. The molecule has 0 aliphatic carbocycles. The summed E-state index contributed by atoms with van der Waals surface area (Å²) in [6.07, 6.45) is 1.11. The number of aliphatic hydroxyl groups excluding tert-OH is 1. The first-order chi connectivity index (χ1) is 17.5. The molecule has 0 spiro atoms. The van der Waals surface area contributed by atoms with Crippen LogP contribution in [0.25, 0.3) is 10.2 Å². The predicted octanol–water partition coefficient (Wildman–Crippen LogP) is 4.70. The van der Waals surface area contributed by atoms with Crippen molar-refractivity contribution in [2.24, 2.45) is 0 Å². The molecule has 0 radical (unpaired) electrons. The predicted molar refractivity (Wildman–Crippen MR) is 138 cm³/mol. The van der Waals surface area contributed by atoms with Crippen molar-refractivity contribution in [2.75, 3.05) is 18.3 Å². The summed E-state index contributed by atoms with van der Waals surface area (Å²) in [5.41, 5.74) is 1.18. The van der Waals surface area contributed by atoms with E-state index in [9.17, 15) is 23.1 Å². The Balaban J connectivity index is 1.67. The van der Waals surface area contributed by atoms with Gasteiger partial charge in [0.1, 0.15) is 17.3 Å². The molecule has 3 heterocycles. The number of hydrogen-bond donors (Lipinski definition) is 1. The average molecular weight is 539 g/mol. The number of furan rings is 1. The maximum absolute atomic E-state index is 13.7. The van der Waals surface area contributed by atoms with Gasteiger partial charge in [-0.05, 0) is 55.8 Å². The maximum Gasteiger partial charge on any atom is 0.296 e. The molecule has 5 rings (SSSR count). The number of hydrogen-bond acceptors (Lipinski definition) is 9. The van der Waals surface area contributed by atoms with E-state index >= 15 is 0 Å². The summed E-state index contributed by atoms with van der Waals surface area (Å²) < 4.78 is 35.4. The summed E-state index contributed by atoms with van der Waals surface area (Å²) in [7, 11) is -1.93. The Bertz CT molecular complexity index is 1710. The number of nitrogens with zero attached hydrogens (tertiary/aromatic N) is 2. The van der Waals surface area contributed by atoms with E-state index in [1.807, 2.05) is 0 Å². The molecular formula is C26H22N2O7S2. The number of ether oxygens (including phenoxy) is 1. The number of aliphatic hydroxyl groups is 1. The van der Waals surface area contributed by atoms with E-state index in [4.69, 9.17) is 9.15 Å². The number of Topliss-reactive ketones (excluding diaryl/α,β-unsaturated/α-hetero) is 1. The van der Waals surface area contributed by atoms with Gasteiger partial charge in [0.15, 0.2) is 26.5 Å². The van der Waals surface area contributed by atoms with Crippen LogP contribution in [0.4, 0.5) is 5.13 Å². The first-order valence-corrected chi connectivity index (χ1v) is 13.8. The average Bonchev–Trinajstić information content (AvgIpc) is 3.50. The number of anilines is 1. The third-order valence-corrected chi connectivity index (χ3v) is 8.28. The summed E-state index contributed by atoms with van der Waals surface area (Å²) in [5.74, 6) is -0.532. The van der Waals surface area contributed by atoms with Gasteiger partial charge in [-0.3, -0.25) is 14.5 Å². The Morgan fingerprint density at radius 3 is 2.43 bits per heavy atom. The Morgan fingerprint density at radius 2 is 1.84 bits per heavy atom. The molecule has 1 aliphatic heterocycles. The second kappa shape index (κ2) is 8.86. The van der Waals surface area contributed by atoms with Crippen molar-refractivity contribution in [3.8, 4) is 5.75 Å². The van der Waals surface area contributed by atoms with Gasteiger partial charge < -0.3 is 14.3 Å². The van der Waals surface area contributed by atoms with Gasteiger partial charge in [-0.25, -0.2) is 13.4 Å². The Hall–Kier alpha value is -3.96. The molecule has 1 unspecified atom stereocenters. The van der Waals surface area contributed by atoms with Crippen molar-refractivity contribution >= 4 is 48.2 Å². The third kappa shape index (κ3) is 4.19. The van der Waals surface area contributed by atoms with E-state index in [1.54, 1.807) is 50.2 Å². The van der Waals surface area contributed by atoms with Crippen LogP contribution in [0.1, 0.15) is 33.5 Å². The number of amides is 1. The zero-order valence-electron chi connectivity index (χ0n) is 20.3. The molecule has 11 heteroatoms. The van der Waals surface area contributed by atoms with E-state index in [0.29, 0.717) is 33.1 Å². The molecule has 2 aromatic carbocycles. The zero-order valence-corrected chi connectivity index (χ0v) is 21.9. The van der Waals surface area contributed by atoms with Gasteiger partial charge in [-0.15, -0.1) is 0 Å². The number of aromatic nitrogens is 1. The number of carbonyl (C=O) groups excluding carboxylic acids is 2. The zero-order chi connectivity index (χ0) is 26.6. The fourth-order valence-electron chi connectivity index (χ4n) is 4.36. The molecule has 2 aromatic heterocycles. The number of thiazole rings is 1. The molecule has 0 bridgehead atoms. The quantitative estimate of drug-likeness (QED) is 0.350. The number of fused-ring (bicyclic) bond motifs is 1. The van der Waals surface area contributed by atoms with Crippen LogP contribution in [-0.2, 0) is 14.6 Å². The van der Waals surface area contributed by atoms with Crippen LogP contribution in [0.2, 0.25) is 0 Å². The lowest BCUT2D eigenvalue weighted by atomic mass is 9.93. The van der Waals surface area contributed by atoms with Crippen LogP contribution in [0.5, 0.6) is 5.75 Å². The van der Waals surface area contributed by atoms with E-state index in [-0.39, 0.29) is 21.2 Å². The van der Waals surface area contributed by atoms with Gasteiger partial charge in [0.05, 0.1) is 39.4 Å². The molecule has 0 fully saturated rings. The van der Waals surface area contributed by atoms with E-state index < -0.39 is 33.3 Å². The van der Waals surface area contributed by atoms with Crippen molar-refractivity contribution in [1.82, 2.24) is 4.98 Å². The molecule has 0 saturated carbocycles. The number of ketones is 1. The lowest BCUT2D eigenvalue weighted by Crippen LogP contribution is -2.31. The first kappa shape index (κ1) is 24.7. The minimum atomic E-state index is -3.45. The first-order valence-electron chi connectivity index (χ1n) is 11.1. The van der Waals surface area contributed by atoms with Crippen LogP contribution in [0.15, 0.2) is 69.2 Å². The minimum Gasteiger partial charge on any atom is -0.503 e. The van der Waals surface area contributed by atoms with Gasteiger partial charge in [-0.2, -0.15) is 0 Å². The minimum absolute atomic E-state index is 0.102. The van der Waals surface area contributed by atoms with Crippen molar-refractivity contribution in [2.45, 2.75) is 24.8 Å². The number of methoxy groups -OCH3 is 1. The largest absolute Gasteiger partial charge is 0.503 e. The highest BCUT2D eigenvalue weighted by Gasteiger charge is 2.46. The highest BCUT2D eigenvalue weighted by Crippen LogP contribution is 2.45. The number of rotatable bonds is 6. The number of sulfone groups is 1. The maximum atomic E-state index is 13.7. The lowest BCUT2D eigenvalue weighted by molar-refractivity contribution is -0.117. The van der Waals surface area contributed by atoms with Crippen LogP contribution < -0.4 is 9.64 Å². The SMILES string of the molecule is COc1ccc(C2C(C(=O)c3cc(C)oc3C)=C(O)C(=O)N2c2nc3ccc(S(C)(=O)=O)cc3s2)cc1. The number of benzene rings is 2. The molecule has 0 saturated heterocycles. The molecular weight excluding hydrogens is 516 g/mol. The summed E-state index contributed by atoms with van der Waals surface area (Å²) in [6.45, 7) is 3.35. The highest BCUT2D eigenvalue weighted by molar-refractivity contribution is 7.90. The van der Waals surface area contributed by atoms with E-state index in [0.717, 1.165) is 17.6 Å². The van der Waals surface area contributed by atoms with Gasteiger partial charge in [-0.1, -0.05) is 23.5 Å². The van der Waals surface area contributed by atoms with Crippen LogP contribution >= 0.6 is 11.3 Å². The van der Waals surface area contributed by atoms with Crippen LogP contribution in [0.3, 0.4) is 0 Å². The monoisotopic (exact) mass is 538 g/mol. The van der Waals surface area contributed by atoms with Crippen molar-refractivity contribution in [1.29, 1.82) is 0 Å². The molecule has 1 atom stereocenters. The molecule has 4 aromatic rings. The molecule has 1 amide bonds. The molecule has 1 N–H and O–H groups in total. The van der Waals surface area contributed by atoms with E-state index in [1.165, 1.54) is 24.1 Å². The Labute approximate surface area is 216 Å². The van der Waals surface area contributed by atoms with Crippen LogP contribution in [-0.4, -0.2) is 43.6 Å². The van der Waals surface area contributed by atoms with Gasteiger partial charge in [0.25, 0.3) is 5.91 Å². The van der Waals surface area contributed by atoms with Gasteiger partial charge in [0, 0.05) is 6.26 Å². The second-order valence-corrected chi connectivity index (χ2v) is 11.7. The summed E-state index contributed by atoms with van der Waals surface area (Å²) in [6, 6.07) is 11.9. The van der Waals surface area contributed by atoms with Gasteiger partial charge in [0.2, 0.25) is 0 Å². The topological polar surface area (TPSA) is 127 Å². The van der Waals surface area contributed by atoms with E-state index in [2.05, 4.69) is 4.98 Å². The normalized spacial score (nSPS) is 16.2. The smallest absolute Gasteiger partial charge is 0.296 e. The highest BCUT2D eigenvalue weighted by atomic mass is 32.2. The lowest BCUT2D eigenvalue weighted by Gasteiger charge is -2.24. The fraction of sp³-hybridized carbons (Fsp3) is 0.192. The molecule has 9 nitrogen and oxygen atoms in total. The van der Waals surface area contributed by atoms with Crippen LogP contribution in [0, 0.1) is 13.8 Å².